The first-order chi connectivity index (χ1) is 5.66. The van der Waals surface area contributed by atoms with Crippen LogP contribution in [0.3, 0.4) is 0 Å². The summed E-state index contributed by atoms with van der Waals surface area (Å²) in [5.74, 6) is 0. The van der Waals surface area contributed by atoms with Crippen molar-refractivity contribution in [2.75, 3.05) is 0 Å². The van der Waals surface area contributed by atoms with Gasteiger partial charge < -0.3 is 9.97 Å². The predicted molar refractivity (Wildman–Crippen MR) is 51.6 cm³/mol. The first-order valence-corrected chi connectivity index (χ1v) is 4.41. The highest BCUT2D eigenvalue weighted by atomic mass is 79.9. The SMILES string of the molecule is O=c1[nH]c2cc(Cl)c(Br)cc2[nH]1. The van der Waals surface area contributed by atoms with Crippen LogP contribution in [0.25, 0.3) is 11.0 Å². The minimum Gasteiger partial charge on any atom is -0.306 e. The Kier molecular flexibility index (Phi) is 1.73. The molecule has 0 aliphatic rings. The zero-order valence-electron chi connectivity index (χ0n) is 5.82. The number of hydrogen-bond acceptors (Lipinski definition) is 1. The molecule has 12 heavy (non-hydrogen) atoms. The van der Waals surface area contributed by atoms with E-state index >= 15 is 0 Å². The average Bonchev–Trinajstić information content (AvgIpc) is 2.30. The lowest BCUT2D eigenvalue weighted by Crippen LogP contribution is -1.99. The molecule has 2 rings (SSSR count). The molecule has 0 spiro atoms. The van der Waals surface area contributed by atoms with Crippen molar-refractivity contribution >= 4 is 38.6 Å². The Morgan fingerprint density at radius 3 is 2.50 bits per heavy atom. The fraction of sp³-hybridized carbons (Fsp3) is 0. The van der Waals surface area contributed by atoms with Gasteiger partial charge in [-0.2, -0.15) is 0 Å². The van der Waals surface area contributed by atoms with E-state index in [9.17, 15) is 4.79 Å². The molecule has 1 aromatic carbocycles. The maximum Gasteiger partial charge on any atom is 0.323 e. The molecule has 0 aliphatic heterocycles. The van der Waals surface area contributed by atoms with Gasteiger partial charge in [-0.25, -0.2) is 4.79 Å². The van der Waals surface area contributed by atoms with Crippen LogP contribution in [0.4, 0.5) is 0 Å². The molecule has 1 heterocycles. The van der Waals surface area contributed by atoms with Crippen molar-refractivity contribution in [3.05, 3.63) is 32.1 Å². The van der Waals surface area contributed by atoms with Crippen molar-refractivity contribution in [2.45, 2.75) is 0 Å². The van der Waals surface area contributed by atoms with Crippen molar-refractivity contribution in [3.63, 3.8) is 0 Å². The molecule has 62 valence electrons. The van der Waals surface area contributed by atoms with Gasteiger partial charge in [-0.15, -0.1) is 0 Å². The standard InChI is InChI=1S/C7H4BrClN2O/c8-3-1-5-6(2-4(3)9)11-7(12)10-5/h1-2H,(H2,10,11,12). The van der Waals surface area contributed by atoms with Crippen LogP contribution in [0.1, 0.15) is 0 Å². The molecule has 2 N–H and O–H groups in total. The molecule has 3 nitrogen and oxygen atoms in total. The zero-order chi connectivity index (χ0) is 8.72. The number of halogens is 2. The van der Waals surface area contributed by atoms with E-state index in [1.807, 2.05) is 0 Å². The van der Waals surface area contributed by atoms with Crippen LogP contribution in [0.15, 0.2) is 21.4 Å². The lowest BCUT2D eigenvalue weighted by molar-refractivity contribution is 1.21. The van der Waals surface area contributed by atoms with E-state index in [1.165, 1.54) is 0 Å². The highest BCUT2D eigenvalue weighted by Crippen LogP contribution is 2.25. The summed E-state index contributed by atoms with van der Waals surface area (Å²) in [4.78, 5) is 16.1. The smallest absolute Gasteiger partial charge is 0.306 e. The first kappa shape index (κ1) is 7.89. The fourth-order valence-electron chi connectivity index (χ4n) is 1.03. The fourth-order valence-corrected chi connectivity index (χ4v) is 1.54. The van der Waals surface area contributed by atoms with E-state index < -0.39 is 0 Å². The molecule has 1 aromatic heterocycles. The topological polar surface area (TPSA) is 48.6 Å². The molecule has 0 unspecified atom stereocenters. The molecule has 0 amide bonds. The van der Waals surface area contributed by atoms with Crippen LogP contribution < -0.4 is 5.69 Å². The molecule has 0 atom stereocenters. The summed E-state index contributed by atoms with van der Waals surface area (Å²) >= 11 is 9.07. The Hall–Kier alpha value is -0.740. The van der Waals surface area contributed by atoms with Crippen LogP contribution in [0.5, 0.6) is 0 Å². The summed E-state index contributed by atoms with van der Waals surface area (Å²) in [5.41, 5.74) is 1.24. The van der Waals surface area contributed by atoms with Crippen LogP contribution in [-0.4, -0.2) is 9.97 Å². The second-order valence-electron chi connectivity index (χ2n) is 2.39. The van der Waals surface area contributed by atoms with Gasteiger partial charge in [-0.3, -0.25) is 0 Å². The highest BCUT2D eigenvalue weighted by molar-refractivity contribution is 9.10. The molecular weight excluding hydrogens is 243 g/mol. The Morgan fingerprint density at radius 2 is 1.83 bits per heavy atom. The van der Waals surface area contributed by atoms with E-state index in [2.05, 4.69) is 25.9 Å². The van der Waals surface area contributed by atoms with Crippen LogP contribution in [0, 0.1) is 0 Å². The molecule has 0 fully saturated rings. The first-order valence-electron chi connectivity index (χ1n) is 3.24. The van der Waals surface area contributed by atoms with Crippen molar-refractivity contribution < 1.29 is 0 Å². The van der Waals surface area contributed by atoms with Crippen LogP contribution >= 0.6 is 27.5 Å². The van der Waals surface area contributed by atoms with E-state index in [4.69, 9.17) is 11.6 Å². The molecule has 2 aromatic rings. The van der Waals surface area contributed by atoms with E-state index in [1.54, 1.807) is 12.1 Å². The third-order valence-electron chi connectivity index (χ3n) is 1.56. The molecule has 0 saturated heterocycles. The molecule has 0 saturated carbocycles. The van der Waals surface area contributed by atoms with Gasteiger partial charge in [0.1, 0.15) is 0 Å². The number of aromatic amines is 2. The van der Waals surface area contributed by atoms with E-state index in [0.717, 1.165) is 9.99 Å². The Labute approximate surface area is 80.9 Å². The van der Waals surface area contributed by atoms with Crippen LogP contribution in [-0.2, 0) is 0 Å². The third-order valence-corrected chi connectivity index (χ3v) is 2.75. The van der Waals surface area contributed by atoms with Gasteiger partial charge in [0.15, 0.2) is 0 Å². The number of H-pyrrole nitrogens is 2. The highest BCUT2D eigenvalue weighted by Gasteiger charge is 2.02. The average molecular weight is 247 g/mol. The van der Waals surface area contributed by atoms with Gasteiger partial charge in [-0.1, -0.05) is 11.6 Å². The summed E-state index contributed by atoms with van der Waals surface area (Å²) in [6.45, 7) is 0. The normalized spacial score (nSPS) is 10.8. The van der Waals surface area contributed by atoms with Gasteiger partial charge in [0, 0.05) is 4.47 Å². The summed E-state index contributed by atoms with van der Waals surface area (Å²) < 4.78 is 0.770. The van der Waals surface area contributed by atoms with E-state index in [0.29, 0.717) is 10.5 Å². The van der Waals surface area contributed by atoms with Gasteiger partial charge in [0.2, 0.25) is 0 Å². The summed E-state index contributed by atoms with van der Waals surface area (Å²) in [6.07, 6.45) is 0. The van der Waals surface area contributed by atoms with Gasteiger partial charge in [-0.05, 0) is 28.1 Å². The molecule has 0 aliphatic carbocycles. The maximum absolute atomic E-state index is 10.8. The number of hydrogen-bond donors (Lipinski definition) is 2. The Morgan fingerprint density at radius 1 is 1.25 bits per heavy atom. The number of imidazole rings is 1. The third kappa shape index (κ3) is 1.17. The number of aromatic nitrogens is 2. The summed E-state index contributed by atoms with van der Waals surface area (Å²) in [7, 11) is 0. The summed E-state index contributed by atoms with van der Waals surface area (Å²) in [5, 5.41) is 0.581. The van der Waals surface area contributed by atoms with Crippen molar-refractivity contribution in [1.29, 1.82) is 0 Å². The maximum atomic E-state index is 10.8. The minimum atomic E-state index is -0.223. The largest absolute Gasteiger partial charge is 0.323 e. The van der Waals surface area contributed by atoms with Gasteiger partial charge in [0.25, 0.3) is 0 Å². The van der Waals surface area contributed by atoms with Crippen molar-refractivity contribution in [3.8, 4) is 0 Å². The number of nitrogens with one attached hydrogen (secondary N) is 2. The molecule has 5 heteroatoms. The minimum absolute atomic E-state index is 0.223. The molecule has 0 radical (unpaired) electrons. The quantitative estimate of drug-likeness (QED) is 0.737. The number of rotatable bonds is 0. The lowest BCUT2D eigenvalue weighted by atomic mass is 10.3. The van der Waals surface area contributed by atoms with Gasteiger partial charge in [0.05, 0.1) is 16.1 Å². The predicted octanol–water partition coefficient (Wildman–Crippen LogP) is 2.27. The Balaban J connectivity index is 2.92. The molecular formula is C7H4BrClN2O. The van der Waals surface area contributed by atoms with Crippen LogP contribution in [0.2, 0.25) is 5.02 Å². The lowest BCUT2D eigenvalue weighted by Gasteiger charge is -1.93. The Bertz CT molecular complexity index is 446. The zero-order valence-corrected chi connectivity index (χ0v) is 8.16. The number of benzene rings is 1. The second kappa shape index (κ2) is 2.64. The second-order valence-corrected chi connectivity index (χ2v) is 3.65. The van der Waals surface area contributed by atoms with Gasteiger partial charge >= 0.3 is 5.69 Å². The number of fused-ring (bicyclic) bond motifs is 1. The van der Waals surface area contributed by atoms with Crippen molar-refractivity contribution in [1.82, 2.24) is 9.97 Å². The van der Waals surface area contributed by atoms with Crippen molar-refractivity contribution in [2.24, 2.45) is 0 Å². The summed E-state index contributed by atoms with van der Waals surface area (Å²) in [6, 6.07) is 3.45. The monoisotopic (exact) mass is 246 g/mol. The molecule has 0 bridgehead atoms. The van der Waals surface area contributed by atoms with E-state index in [-0.39, 0.29) is 5.69 Å².